The number of benzene rings is 1. The summed E-state index contributed by atoms with van der Waals surface area (Å²) < 4.78 is 0. The van der Waals surface area contributed by atoms with Crippen molar-refractivity contribution in [1.29, 1.82) is 0 Å². The number of hydrogen-bond acceptors (Lipinski definition) is 2. The molecular weight excluding hydrogens is 232 g/mol. The van der Waals surface area contributed by atoms with Gasteiger partial charge in [-0.1, -0.05) is 29.8 Å². The van der Waals surface area contributed by atoms with Gasteiger partial charge in [0.15, 0.2) is 0 Å². The number of allylic oxidation sites excluding steroid dienone is 2. The Morgan fingerprint density at radius 3 is 2.79 bits per heavy atom. The lowest BCUT2D eigenvalue weighted by molar-refractivity contribution is 0.258. The number of rotatable bonds is 2. The van der Waals surface area contributed by atoms with Gasteiger partial charge in [-0.2, -0.15) is 0 Å². The zero-order valence-electron chi connectivity index (χ0n) is 12.5. The Hall–Kier alpha value is -1.28. The summed E-state index contributed by atoms with van der Waals surface area (Å²) in [6.07, 6.45) is 5.35. The van der Waals surface area contributed by atoms with Crippen molar-refractivity contribution in [2.45, 2.75) is 38.3 Å². The maximum Gasteiger partial charge on any atom is 0.0917 e. The van der Waals surface area contributed by atoms with Crippen LogP contribution in [-0.4, -0.2) is 31.7 Å². The molecular formula is C17H24N2. The molecule has 2 heterocycles. The van der Waals surface area contributed by atoms with Crippen LogP contribution in [0.2, 0.25) is 0 Å². The molecule has 0 radical (unpaired) electrons. The molecule has 0 aromatic heterocycles. The highest BCUT2D eigenvalue weighted by molar-refractivity contribution is 5.64. The van der Waals surface area contributed by atoms with Gasteiger partial charge in [0.05, 0.1) is 6.17 Å². The predicted octanol–water partition coefficient (Wildman–Crippen LogP) is 3.39. The summed E-state index contributed by atoms with van der Waals surface area (Å²) in [6.45, 7) is 5.60. The number of hydrogen-bond donors (Lipinski definition) is 0. The number of fused-ring (bicyclic) bond motifs is 3. The summed E-state index contributed by atoms with van der Waals surface area (Å²) in [5.74, 6) is 0. The minimum Gasteiger partial charge on any atom is -0.358 e. The van der Waals surface area contributed by atoms with Crippen LogP contribution in [0.5, 0.6) is 0 Å². The van der Waals surface area contributed by atoms with Crippen LogP contribution >= 0.6 is 0 Å². The standard InChI is InChI=1S/C17H24N2/c1-13(2)9-10-17-11-12-18(3)16(17)19(4)15-8-6-5-7-14(15)17/h5-9,16H,10-12H2,1-4H3. The van der Waals surface area contributed by atoms with Crippen LogP contribution in [0.4, 0.5) is 5.69 Å². The van der Waals surface area contributed by atoms with Crippen molar-refractivity contribution >= 4 is 5.69 Å². The zero-order valence-corrected chi connectivity index (χ0v) is 12.5. The minimum atomic E-state index is 0.289. The van der Waals surface area contributed by atoms with Crippen LogP contribution in [0.1, 0.15) is 32.3 Å². The first-order valence-corrected chi connectivity index (χ1v) is 7.22. The van der Waals surface area contributed by atoms with Crippen molar-refractivity contribution in [3.05, 3.63) is 41.5 Å². The first-order valence-electron chi connectivity index (χ1n) is 7.22. The quantitative estimate of drug-likeness (QED) is 0.748. The Kier molecular flexibility index (Phi) is 2.94. The van der Waals surface area contributed by atoms with Gasteiger partial charge in [0.25, 0.3) is 0 Å². The van der Waals surface area contributed by atoms with E-state index in [0.29, 0.717) is 6.17 Å². The van der Waals surface area contributed by atoms with Gasteiger partial charge in [-0.15, -0.1) is 0 Å². The molecule has 0 saturated carbocycles. The van der Waals surface area contributed by atoms with E-state index in [-0.39, 0.29) is 5.41 Å². The van der Waals surface area contributed by atoms with Crippen LogP contribution in [0, 0.1) is 0 Å². The van der Waals surface area contributed by atoms with Crippen molar-refractivity contribution in [3.8, 4) is 0 Å². The molecule has 0 N–H and O–H groups in total. The Morgan fingerprint density at radius 2 is 2.05 bits per heavy atom. The van der Waals surface area contributed by atoms with E-state index in [9.17, 15) is 0 Å². The Bertz CT molecular complexity index is 516. The molecule has 2 heteroatoms. The zero-order chi connectivity index (χ0) is 13.6. The molecule has 3 rings (SSSR count). The van der Waals surface area contributed by atoms with Gasteiger partial charge < -0.3 is 4.90 Å². The Labute approximate surface area is 116 Å². The third-order valence-corrected chi connectivity index (χ3v) is 4.88. The third-order valence-electron chi connectivity index (χ3n) is 4.88. The minimum absolute atomic E-state index is 0.289. The maximum atomic E-state index is 2.51. The van der Waals surface area contributed by atoms with Crippen molar-refractivity contribution in [2.75, 3.05) is 25.5 Å². The summed E-state index contributed by atoms with van der Waals surface area (Å²) in [5, 5.41) is 0. The highest BCUT2D eigenvalue weighted by atomic mass is 15.4. The molecule has 2 nitrogen and oxygen atoms in total. The molecule has 0 spiro atoms. The average Bonchev–Trinajstić information content (AvgIpc) is 2.85. The number of nitrogens with zero attached hydrogens (tertiary/aromatic N) is 2. The summed E-state index contributed by atoms with van der Waals surface area (Å²) in [6, 6.07) is 8.96. The largest absolute Gasteiger partial charge is 0.358 e. The fourth-order valence-corrected chi connectivity index (χ4v) is 4.03. The smallest absolute Gasteiger partial charge is 0.0917 e. The van der Waals surface area contributed by atoms with Gasteiger partial charge in [0, 0.05) is 24.7 Å². The van der Waals surface area contributed by atoms with Gasteiger partial charge in [-0.05, 0) is 45.4 Å². The average molecular weight is 256 g/mol. The topological polar surface area (TPSA) is 6.48 Å². The van der Waals surface area contributed by atoms with E-state index in [2.05, 4.69) is 68.1 Å². The molecule has 1 aromatic rings. The third kappa shape index (κ3) is 1.73. The molecule has 2 aliphatic heterocycles. The van der Waals surface area contributed by atoms with Crippen LogP contribution < -0.4 is 4.90 Å². The van der Waals surface area contributed by atoms with E-state index in [1.54, 1.807) is 5.56 Å². The Balaban J connectivity index is 2.11. The molecule has 0 bridgehead atoms. The first-order chi connectivity index (χ1) is 9.06. The number of likely N-dealkylation sites (N-methyl/N-ethyl adjacent to an activating group) is 2. The molecule has 2 aliphatic rings. The molecule has 0 amide bonds. The number of likely N-dealkylation sites (tertiary alicyclic amines) is 1. The Morgan fingerprint density at radius 1 is 1.32 bits per heavy atom. The van der Waals surface area contributed by atoms with E-state index in [1.807, 2.05) is 0 Å². The first kappa shape index (κ1) is 12.7. The molecule has 0 aliphatic carbocycles. The molecule has 2 atom stereocenters. The molecule has 102 valence electrons. The molecule has 1 saturated heterocycles. The van der Waals surface area contributed by atoms with Crippen molar-refractivity contribution < 1.29 is 0 Å². The SMILES string of the molecule is CC(C)=CCC12CCN(C)C1N(C)c1ccccc12. The van der Waals surface area contributed by atoms with Crippen LogP contribution in [-0.2, 0) is 5.41 Å². The monoisotopic (exact) mass is 256 g/mol. The normalized spacial score (nSPS) is 29.3. The van der Waals surface area contributed by atoms with Gasteiger partial charge in [-0.25, -0.2) is 0 Å². The van der Waals surface area contributed by atoms with E-state index < -0.39 is 0 Å². The van der Waals surface area contributed by atoms with Crippen molar-refractivity contribution in [1.82, 2.24) is 4.90 Å². The van der Waals surface area contributed by atoms with Crippen molar-refractivity contribution in [3.63, 3.8) is 0 Å². The highest BCUT2D eigenvalue weighted by Crippen LogP contribution is 2.53. The summed E-state index contributed by atoms with van der Waals surface area (Å²) in [4.78, 5) is 4.99. The van der Waals surface area contributed by atoms with Crippen LogP contribution in [0.15, 0.2) is 35.9 Å². The molecule has 1 aromatic carbocycles. The predicted molar refractivity (Wildman–Crippen MR) is 81.6 cm³/mol. The molecule has 2 unspecified atom stereocenters. The fraction of sp³-hybridized carbons (Fsp3) is 0.529. The molecule has 1 fully saturated rings. The second-order valence-electron chi connectivity index (χ2n) is 6.37. The second kappa shape index (κ2) is 4.38. The van der Waals surface area contributed by atoms with E-state index in [1.165, 1.54) is 24.2 Å². The molecule has 19 heavy (non-hydrogen) atoms. The lowest BCUT2D eigenvalue weighted by Crippen LogP contribution is -2.46. The van der Waals surface area contributed by atoms with Crippen LogP contribution in [0.3, 0.4) is 0 Å². The number of anilines is 1. The lowest BCUT2D eigenvalue weighted by atomic mass is 9.76. The van der Waals surface area contributed by atoms with Gasteiger partial charge >= 0.3 is 0 Å². The highest BCUT2D eigenvalue weighted by Gasteiger charge is 2.54. The maximum absolute atomic E-state index is 2.51. The van der Waals surface area contributed by atoms with E-state index in [4.69, 9.17) is 0 Å². The number of para-hydroxylation sites is 1. The van der Waals surface area contributed by atoms with Gasteiger partial charge in [-0.3, -0.25) is 4.90 Å². The second-order valence-corrected chi connectivity index (χ2v) is 6.37. The summed E-state index contributed by atoms with van der Waals surface area (Å²) in [5.41, 5.74) is 4.68. The van der Waals surface area contributed by atoms with E-state index in [0.717, 1.165) is 6.42 Å². The summed E-state index contributed by atoms with van der Waals surface area (Å²) >= 11 is 0. The van der Waals surface area contributed by atoms with Gasteiger partial charge in [0.2, 0.25) is 0 Å². The fourth-order valence-electron chi connectivity index (χ4n) is 4.03. The lowest BCUT2D eigenvalue weighted by Gasteiger charge is -2.34. The van der Waals surface area contributed by atoms with Crippen LogP contribution in [0.25, 0.3) is 0 Å². The van der Waals surface area contributed by atoms with Crippen molar-refractivity contribution in [2.24, 2.45) is 0 Å². The summed E-state index contributed by atoms with van der Waals surface area (Å²) in [7, 11) is 4.51. The van der Waals surface area contributed by atoms with Gasteiger partial charge in [0.1, 0.15) is 0 Å². The van der Waals surface area contributed by atoms with E-state index >= 15 is 0 Å².